The van der Waals surface area contributed by atoms with Gasteiger partial charge in [0.15, 0.2) is 0 Å². The normalized spacial score (nSPS) is 11.2. The Kier molecular flexibility index (Phi) is 4.54. The molecule has 0 radical (unpaired) electrons. The van der Waals surface area contributed by atoms with Crippen molar-refractivity contribution in [1.82, 2.24) is 0 Å². The minimum Gasteiger partial charge on any atom is -0.406 e. The number of halogens is 4. The van der Waals surface area contributed by atoms with E-state index >= 15 is 0 Å². The fourth-order valence-corrected chi connectivity index (χ4v) is 2.04. The van der Waals surface area contributed by atoms with Crippen molar-refractivity contribution in [3.8, 4) is 5.75 Å². The molecule has 0 saturated carbocycles. The van der Waals surface area contributed by atoms with Crippen LogP contribution < -0.4 is 10.1 Å². The van der Waals surface area contributed by atoms with Crippen LogP contribution in [0.15, 0.2) is 53.0 Å². The van der Waals surface area contributed by atoms with Gasteiger partial charge in [0.2, 0.25) is 0 Å². The lowest BCUT2D eigenvalue weighted by molar-refractivity contribution is -0.274. The van der Waals surface area contributed by atoms with Crippen molar-refractivity contribution in [3.05, 3.63) is 58.6 Å². The third-order valence-electron chi connectivity index (χ3n) is 2.53. The lowest BCUT2D eigenvalue weighted by Crippen LogP contribution is -2.17. The van der Waals surface area contributed by atoms with Gasteiger partial charge in [-0.25, -0.2) is 0 Å². The van der Waals surface area contributed by atoms with Gasteiger partial charge in [0.1, 0.15) is 5.75 Å². The summed E-state index contributed by atoms with van der Waals surface area (Å²) in [6.07, 6.45) is -4.66. The quantitative estimate of drug-likeness (QED) is 0.845. The van der Waals surface area contributed by atoms with Crippen molar-refractivity contribution < 1.29 is 17.9 Å². The second-order valence-corrected chi connectivity index (χ2v) is 4.87. The maximum absolute atomic E-state index is 12.0. The molecule has 0 amide bonds. The standard InChI is InChI=1S/C14H11BrF3NO/c15-13-4-2-1-3-10(13)9-19-11-5-7-12(8-6-11)20-14(16,17)18/h1-8,19H,9H2. The molecule has 0 aliphatic heterocycles. The molecule has 6 heteroatoms. The zero-order valence-electron chi connectivity index (χ0n) is 10.2. The summed E-state index contributed by atoms with van der Waals surface area (Å²) in [6.45, 7) is 0.570. The number of benzene rings is 2. The highest BCUT2D eigenvalue weighted by atomic mass is 79.9. The molecule has 0 atom stereocenters. The Hall–Kier alpha value is -1.69. The Morgan fingerprint density at radius 2 is 1.65 bits per heavy atom. The number of anilines is 1. The molecule has 2 aromatic carbocycles. The van der Waals surface area contributed by atoms with Gasteiger partial charge in [-0.05, 0) is 35.9 Å². The molecule has 0 heterocycles. The number of hydrogen-bond acceptors (Lipinski definition) is 2. The van der Waals surface area contributed by atoms with Crippen molar-refractivity contribution in [2.75, 3.05) is 5.32 Å². The van der Waals surface area contributed by atoms with Gasteiger partial charge in [-0.15, -0.1) is 13.2 Å². The fourth-order valence-electron chi connectivity index (χ4n) is 1.61. The van der Waals surface area contributed by atoms with E-state index in [0.29, 0.717) is 6.54 Å². The largest absolute Gasteiger partial charge is 0.573 e. The molecular weight excluding hydrogens is 335 g/mol. The minimum absolute atomic E-state index is 0.232. The first-order valence-electron chi connectivity index (χ1n) is 5.77. The van der Waals surface area contributed by atoms with Gasteiger partial charge in [0.25, 0.3) is 0 Å². The maximum atomic E-state index is 12.0. The van der Waals surface area contributed by atoms with Gasteiger partial charge in [-0.2, -0.15) is 0 Å². The van der Waals surface area contributed by atoms with Gasteiger partial charge < -0.3 is 10.1 Å². The summed E-state index contributed by atoms with van der Waals surface area (Å²) in [5, 5.41) is 3.13. The maximum Gasteiger partial charge on any atom is 0.573 e. The molecule has 20 heavy (non-hydrogen) atoms. The third kappa shape index (κ3) is 4.45. The van der Waals surface area contributed by atoms with Crippen molar-refractivity contribution in [1.29, 1.82) is 0 Å². The van der Waals surface area contributed by atoms with Crippen LogP contribution in [0.2, 0.25) is 0 Å². The van der Waals surface area contributed by atoms with E-state index in [9.17, 15) is 13.2 Å². The molecule has 2 aromatic rings. The molecule has 0 aliphatic carbocycles. The van der Waals surface area contributed by atoms with E-state index in [2.05, 4.69) is 26.0 Å². The zero-order chi connectivity index (χ0) is 14.6. The third-order valence-corrected chi connectivity index (χ3v) is 3.30. The van der Waals surface area contributed by atoms with Crippen LogP contribution in [0.5, 0.6) is 5.75 Å². The van der Waals surface area contributed by atoms with Crippen molar-refractivity contribution in [2.45, 2.75) is 12.9 Å². The van der Waals surface area contributed by atoms with E-state index in [1.807, 2.05) is 24.3 Å². The van der Waals surface area contributed by atoms with Crippen LogP contribution in [0.3, 0.4) is 0 Å². The number of nitrogens with one attached hydrogen (secondary N) is 1. The van der Waals surface area contributed by atoms with Crippen LogP contribution in [-0.2, 0) is 6.54 Å². The number of hydrogen-bond donors (Lipinski definition) is 1. The number of ether oxygens (including phenoxy) is 1. The SMILES string of the molecule is FC(F)(F)Oc1ccc(NCc2ccccc2Br)cc1. The van der Waals surface area contributed by atoms with Gasteiger partial charge in [0.05, 0.1) is 0 Å². The average Bonchev–Trinajstić information content (AvgIpc) is 2.38. The summed E-state index contributed by atoms with van der Waals surface area (Å²) in [7, 11) is 0. The molecular formula is C14H11BrF3NO. The van der Waals surface area contributed by atoms with Gasteiger partial charge in [0, 0.05) is 16.7 Å². The van der Waals surface area contributed by atoms with E-state index in [-0.39, 0.29) is 5.75 Å². The Morgan fingerprint density at radius 1 is 1.00 bits per heavy atom. The Balaban J connectivity index is 1.96. The Morgan fingerprint density at radius 3 is 2.25 bits per heavy atom. The van der Waals surface area contributed by atoms with Gasteiger partial charge in [-0.3, -0.25) is 0 Å². The topological polar surface area (TPSA) is 21.3 Å². The molecule has 2 nitrogen and oxygen atoms in total. The highest BCUT2D eigenvalue weighted by molar-refractivity contribution is 9.10. The first kappa shape index (κ1) is 14.7. The summed E-state index contributed by atoms with van der Waals surface area (Å²) in [6, 6.07) is 13.3. The fraction of sp³-hybridized carbons (Fsp3) is 0.143. The van der Waals surface area contributed by atoms with Gasteiger partial charge in [-0.1, -0.05) is 34.1 Å². The Labute approximate surface area is 122 Å². The van der Waals surface area contributed by atoms with Crippen molar-refractivity contribution >= 4 is 21.6 Å². The van der Waals surface area contributed by atoms with Crippen molar-refractivity contribution in [3.63, 3.8) is 0 Å². The summed E-state index contributed by atoms with van der Waals surface area (Å²) >= 11 is 3.43. The first-order chi connectivity index (χ1) is 9.44. The summed E-state index contributed by atoms with van der Waals surface area (Å²) in [4.78, 5) is 0. The van der Waals surface area contributed by atoms with Crippen LogP contribution in [0, 0.1) is 0 Å². The Bertz CT molecular complexity index is 569. The van der Waals surface area contributed by atoms with Crippen LogP contribution in [0.25, 0.3) is 0 Å². The molecule has 0 spiro atoms. The van der Waals surface area contributed by atoms with Crippen LogP contribution in [0.4, 0.5) is 18.9 Å². The van der Waals surface area contributed by atoms with E-state index in [0.717, 1.165) is 15.7 Å². The lowest BCUT2D eigenvalue weighted by atomic mass is 10.2. The molecule has 0 bridgehead atoms. The number of rotatable bonds is 4. The van der Waals surface area contributed by atoms with Crippen LogP contribution >= 0.6 is 15.9 Å². The van der Waals surface area contributed by atoms with Crippen LogP contribution in [0.1, 0.15) is 5.56 Å². The summed E-state index contributed by atoms with van der Waals surface area (Å²) in [5.41, 5.74) is 1.78. The number of alkyl halides is 3. The highest BCUT2D eigenvalue weighted by Crippen LogP contribution is 2.24. The second kappa shape index (κ2) is 6.17. The van der Waals surface area contributed by atoms with Crippen LogP contribution in [-0.4, -0.2) is 6.36 Å². The molecule has 0 aliphatic rings. The zero-order valence-corrected chi connectivity index (χ0v) is 11.8. The van der Waals surface area contributed by atoms with Crippen molar-refractivity contribution in [2.24, 2.45) is 0 Å². The molecule has 2 rings (SSSR count). The van der Waals surface area contributed by atoms with E-state index < -0.39 is 6.36 Å². The average molecular weight is 346 g/mol. The van der Waals surface area contributed by atoms with E-state index in [1.54, 1.807) is 0 Å². The summed E-state index contributed by atoms with van der Waals surface area (Å²) in [5.74, 6) is -0.232. The lowest BCUT2D eigenvalue weighted by Gasteiger charge is -2.11. The smallest absolute Gasteiger partial charge is 0.406 e. The molecule has 0 saturated heterocycles. The first-order valence-corrected chi connectivity index (χ1v) is 6.56. The molecule has 106 valence electrons. The molecule has 0 unspecified atom stereocenters. The molecule has 0 fully saturated rings. The predicted octanol–water partition coefficient (Wildman–Crippen LogP) is 4.96. The predicted molar refractivity (Wildman–Crippen MR) is 74.6 cm³/mol. The molecule has 0 aromatic heterocycles. The monoisotopic (exact) mass is 345 g/mol. The highest BCUT2D eigenvalue weighted by Gasteiger charge is 2.30. The van der Waals surface area contributed by atoms with E-state index in [1.165, 1.54) is 24.3 Å². The minimum atomic E-state index is -4.66. The van der Waals surface area contributed by atoms with Gasteiger partial charge >= 0.3 is 6.36 Å². The second-order valence-electron chi connectivity index (χ2n) is 4.02. The molecule has 1 N–H and O–H groups in total. The summed E-state index contributed by atoms with van der Waals surface area (Å²) < 4.78 is 40.8. The van der Waals surface area contributed by atoms with E-state index in [4.69, 9.17) is 0 Å².